The van der Waals surface area contributed by atoms with Crippen LogP contribution in [0.3, 0.4) is 0 Å². The van der Waals surface area contributed by atoms with Gasteiger partial charge in [0.15, 0.2) is 0 Å². The number of nitrogens with one attached hydrogen (secondary N) is 1. The van der Waals surface area contributed by atoms with Gasteiger partial charge in [-0.25, -0.2) is 0 Å². The molecule has 2 heterocycles. The van der Waals surface area contributed by atoms with Crippen molar-refractivity contribution < 1.29 is 4.79 Å². The number of hydrogen-bond donors (Lipinski definition) is 1. The molecule has 0 spiro atoms. The first-order valence-electron chi connectivity index (χ1n) is 6.76. The first kappa shape index (κ1) is 12.9. The maximum atomic E-state index is 11.7. The molecule has 18 heavy (non-hydrogen) atoms. The molecule has 98 valence electrons. The fourth-order valence-corrected chi connectivity index (χ4v) is 2.17. The Balaban J connectivity index is 1.97. The van der Waals surface area contributed by atoms with E-state index in [1.165, 1.54) is 0 Å². The molecule has 0 unspecified atom stereocenters. The van der Waals surface area contributed by atoms with Crippen LogP contribution in [0, 0.1) is 0 Å². The van der Waals surface area contributed by atoms with Crippen molar-refractivity contribution in [3.8, 4) is 0 Å². The molecule has 2 rings (SSSR count). The van der Waals surface area contributed by atoms with E-state index in [4.69, 9.17) is 0 Å². The van der Waals surface area contributed by atoms with Crippen molar-refractivity contribution >= 4 is 11.6 Å². The van der Waals surface area contributed by atoms with Crippen molar-refractivity contribution in [1.82, 2.24) is 9.88 Å². The van der Waals surface area contributed by atoms with Gasteiger partial charge in [0.1, 0.15) is 0 Å². The van der Waals surface area contributed by atoms with Gasteiger partial charge >= 0.3 is 0 Å². The van der Waals surface area contributed by atoms with Gasteiger partial charge in [-0.05, 0) is 31.4 Å². The van der Waals surface area contributed by atoms with Crippen molar-refractivity contribution in [2.75, 3.05) is 18.4 Å². The molecule has 4 heteroatoms. The van der Waals surface area contributed by atoms with Crippen molar-refractivity contribution in [3.05, 3.63) is 24.0 Å². The second-order valence-corrected chi connectivity index (χ2v) is 4.74. The van der Waals surface area contributed by atoms with Crippen LogP contribution in [0.25, 0.3) is 0 Å². The van der Waals surface area contributed by atoms with E-state index in [1.54, 1.807) is 0 Å². The molecule has 1 aliphatic rings. The smallest absolute Gasteiger partial charge is 0.222 e. The summed E-state index contributed by atoms with van der Waals surface area (Å²) in [6, 6.07) is 4.01. The van der Waals surface area contributed by atoms with Crippen LogP contribution in [0.5, 0.6) is 0 Å². The van der Waals surface area contributed by atoms with Gasteiger partial charge in [0.2, 0.25) is 5.91 Å². The van der Waals surface area contributed by atoms with Gasteiger partial charge in [0.05, 0.1) is 12.2 Å². The monoisotopic (exact) mass is 247 g/mol. The van der Waals surface area contributed by atoms with E-state index < -0.39 is 0 Å². The van der Waals surface area contributed by atoms with Crippen LogP contribution in [0.4, 0.5) is 5.69 Å². The first-order valence-corrected chi connectivity index (χ1v) is 6.76. The average Bonchev–Trinajstić information content (AvgIpc) is 2.40. The molecule has 0 aromatic carbocycles. The van der Waals surface area contributed by atoms with E-state index in [9.17, 15) is 4.79 Å². The highest BCUT2D eigenvalue weighted by molar-refractivity contribution is 5.76. The molecular formula is C14H21N3O. The second kappa shape index (κ2) is 6.38. The van der Waals surface area contributed by atoms with E-state index in [-0.39, 0.29) is 5.91 Å². The molecule has 1 fully saturated rings. The van der Waals surface area contributed by atoms with Crippen molar-refractivity contribution in [3.63, 3.8) is 0 Å². The molecule has 0 atom stereocenters. The Morgan fingerprint density at radius 1 is 1.44 bits per heavy atom. The molecule has 1 aromatic rings. The number of piperidine rings is 1. The van der Waals surface area contributed by atoms with E-state index >= 15 is 0 Å². The maximum Gasteiger partial charge on any atom is 0.222 e. The van der Waals surface area contributed by atoms with Gasteiger partial charge in [-0.15, -0.1) is 0 Å². The Morgan fingerprint density at radius 2 is 2.33 bits per heavy atom. The molecular weight excluding hydrogens is 226 g/mol. The highest BCUT2D eigenvalue weighted by Gasteiger charge is 2.18. The van der Waals surface area contributed by atoms with Gasteiger partial charge in [0, 0.05) is 31.4 Å². The Bertz CT molecular complexity index is 406. The highest BCUT2D eigenvalue weighted by atomic mass is 16.2. The molecule has 1 amide bonds. The lowest BCUT2D eigenvalue weighted by molar-refractivity contribution is -0.133. The quantitative estimate of drug-likeness (QED) is 0.869. The zero-order valence-corrected chi connectivity index (χ0v) is 11.0. The topological polar surface area (TPSA) is 45.2 Å². The second-order valence-electron chi connectivity index (χ2n) is 4.74. The van der Waals surface area contributed by atoms with Gasteiger partial charge in [-0.1, -0.05) is 6.92 Å². The van der Waals surface area contributed by atoms with E-state index in [1.807, 2.05) is 23.2 Å². The Hall–Kier alpha value is -1.58. The third kappa shape index (κ3) is 3.45. The first-order chi connectivity index (χ1) is 8.79. The summed E-state index contributed by atoms with van der Waals surface area (Å²) in [7, 11) is 0. The maximum absolute atomic E-state index is 11.7. The minimum Gasteiger partial charge on any atom is -0.385 e. The van der Waals surface area contributed by atoms with Crippen LogP contribution < -0.4 is 5.32 Å². The summed E-state index contributed by atoms with van der Waals surface area (Å²) in [5.74, 6) is 0.259. The van der Waals surface area contributed by atoms with Gasteiger partial charge < -0.3 is 10.2 Å². The highest BCUT2D eigenvalue weighted by Crippen LogP contribution is 2.15. The van der Waals surface area contributed by atoms with Crippen LogP contribution in [-0.4, -0.2) is 28.9 Å². The molecule has 4 nitrogen and oxygen atoms in total. The number of nitrogens with zero attached hydrogens (tertiary/aromatic N) is 2. The summed E-state index contributed by atoms with van der Waals surface area (Å²) >= 11 is 0. The van der Waals surface area contributed by atoms with Crippen molar-refractivity contribution in [2.45, 2.75) is 39.2 Å². The number of likely N-dealkylation sites (tertiary alicyclic amines) is 1. The SMILES string of the molecule is CCCNc1ccnc(CN2CCCCC2=O)c1. The van der Waals surface area contributed by atoms with Gasteiger partial charge in [-0.3, -0.25) is 9.78 Å². The summed E-state index contributed by atoms with van der Waals surface area (Å²) in [5.41, 5.74) is 2.05. The Kier molecular flexibility index (Phi) is 4.56. The van der Waals surface area contributed by atoms with Crippen molar-refractivity contribution in [1.29, 1.82) is 0 Å². The summed E-state index contributed by atoms with van der Waals surface area (Å²) in [6.45, 7) is 4.61. The fourth-order valence-electron chi connectivity index (χ4n) is 2.17. The molecule has 1 aromatic heterocycles. The molecule has 0 aliphatic carbocycles. The molecule has 0 saturated carbocycles. The predicted octanol–water partition coefficient (Wildman–Crippen LogP) is 2.42. The normalized spacial score (nSPS) is 15.8. The molecule has 0 radical (unpaired) electrons. The largest absolute Gasteiger partial charge is 0.385 e. The molecule has 1 saturated heterocycles. The Labute approximate surface area is 108 Å². The fraction of sp³-hybridized carbons (Fsp3) is 0.571. The lowest BCUT2D eigenvalue weighted by Crippen LogP contribution is -2.34. The van der Waals surface area contributed by atoms with Crippen molar-refractivity contribution in [2.24, 2.45) is 0 Å². The van der Waals surface area contributed by atoms with Crippen LogP contribution in [0.15, 0.2) is 18.3 Å². The number of carbonyl (C=O) groups is 1. The summed E-state index contributed by atoms with van der Waals surface area (Å²) in [4.78, 5) is 18.0. The number of amides is 1. The number of anilines is 1. The number of aromatic nitrogens is 1. The van der Waals surface area contributed by atoms with Crippen LogP contribution >= 0.6 is 0 Å². The van der Waals surface area contributed by atoms with E-state index in [0.717, 1.165) is 43.7 Å². The number of rotatable bonds is 5. The predicted molar refractivity (Wildman–Crippen MR) is 72.3 cm³/mol. The third-order valence-electron chi connectivity index (χ3n) is 3.17. The van der Waals surface area contributed by atoms with Crippen LogP contribution in [-0.2, 0) is 11.3 Å². The Morgan fingerprint density at radius 3 is 3.11 bits per heavy atom. The molecule has 1 N–H and O–H groups in total. The zero-order chi connectivity index (χ0) is 12.8. The van der Waals surface area contributed by atoms with E-state index in [0.29, 0.717) is 13.0 Å². The third-order valence-corrected chi connectivity index (χ3v) is 3.17. The lowest BCUT2D eigenvalue weighted by atomic mass is 10.1. The molecule has 1 aliphatic heterocycles. The zero-order valence-electron chi connectivity index (χ0n) is 11.0. The summed E-state index contributed by atoms with van der Waals surface area (Å²) < 4.78 is 0. The van der Waals surface area contributed by atoms with Crippen LogP contribution in [0.1, 0.15) is 38.3 Å². The average molecular weight is 247 g/mol. The number of carbonyl (C=O) groups excluding carboxylic acids is 1. The lowest BCUT2D eigenvalue weighted by Gasteiger charge is -2.26. The van der Waals surface area contributed by atoms with Gasteiger partial charge in [0.25, 0.3) is 0 Å². The summed E-state index contributed by atoms with van der Waals surface area (Å²) in [6.07, 6.45) is 5.73. The van der Waals surface area contributed by atoms with Gasteiger partial charge in [-0.2, -0.15) is 0 Å². The standard InChI is InChI=1S/C14H21N3O/c1-2-7-15-12-6-8-16-13(10-12)11-17-9-4-3-5-14(17)18/h6,8,10H,2-5,7,9,11H2,1H3,(H,15,16). The number of pyridine rings is 1. The minimum atomic E-state index is 0.259. The minimum absolute atomic E-state index is 0.259. The summed E-state index contributed by atoms with van der Waals surface area (Å²) in [5, 5.41) is 3.34. The number of hydrogen-bond acceptors (Lipinski definition) is 3. The van der Waals surface area contributed by atoms with E-state index in [2.05, 4.69) is 17.2 Å². The molecule has 0 bridgehead atoms. The van der Waals surface area contributed by atoms with Crippen LogP contribution in [0.2, 0.25) is 0 Å².